The van der Waals surface area contributed by atoms with Gasteiger partial charge in [0.15, 0.2) is 4.21 Å². The molecule has 0 aromatic carbocycles. The standard InChI is InChI=1S/C11H19N3O3S2/c1-8-10(18-11(15)12-8)19(16,17)14(3)9-5-4-6-13(2)7-9/h9H,4-7H2,1-3H3,(H,12,15). The molecule has 2 rings (SSSR count). The van der Waals surface area contributed by atoms with Crippen molar-refractivity contribution in [2.24, 2.45) is 0 Å². The Morgan fingerprint density at radius 2 is 2.16 bits per heavy atom. The normalized spacial score (nSPS) is 22.0. The lowest BCUT2D eigenvalue weighted by atomic mass is 10.1. The van der Waals surface area contributed by atoms with Crippen molar-refractivity contribution >= 4 is 21.4 Å². The van der Waals surface area contributed by atoms with Crippen molar-refractivity contribution in [3.8, 4) is 0 Å². The average molecular weight is 305 g/mol. The summed E-state index contributed by atoms with van der Waals surface area (Å²) in [6, 6.07) is -0.0275. The molecule has 0 aliphatic carbocycles. The van der Waals surface area contributed by atoms with Gasteiger partial charge in [-0.1, -0.05) is 11.3 Å². The second-order valence-electron chi connectivity index (χ2n) is 5.01. The van der Waals surface area contributed by atoms with Gasteiger partial charge in [0.05, 0.1) is 0 Å². The largest absolute Gasteiger partial charge is 0.315 e. The molecule has 108 valence electrons. The molecule has 19 heavy (non-hydrogen) atoms. The van der Waals surface area contributed by atoms with E-state index in [0.717, 1.165) is 37.3 Å². The maximum atomic E-state index is 12.5. The molecule has 8 heteroatoms. The Kier molecular flexibility index (Phi) is 4.14. The second kappa shape index (κ2) is 5.35. The molecule has 1 fully saturated rings. The van der Waals surface area contributed by atoms with E-state index >= 15 is 0 Å². The quantitative estimate of drug-likeness (QED) is 0.880. The second-order valence-corrected chi connectivity index (χ2v) is 8.18. The first kappa shape index (κ1) is 14.7. The Labute approximate surface area is 117 Å². The van der Waals surface area contributed by atoms with E-state index in [1.54, 1.807) is 14.0 Å². The maximum absolute atomic E-state index is 12.5. The lowest BCUT2D eigenvalue weighted by Crippen LogP contribution is -2.47. The SMILES string of the molecule is Cc1[nH]c(=O)sc1S(=O)(=O)N(C)C1CCCN(C)C1. The van der Waals surface area contributed by atoms with Crippen molar-refractivity contribution in [3.05, 3.63) is 15.4 Å². The smallest absolute Gasteiger partial charge is 0.305 e. The summed E-state index contributed by atoms with van der Waals surface area (Å²) in [5.41, 5.74) is 0.422. The van der Waals surface area contributed by atoms with E-state index in [4.69, 9.17) is 0 Å². The van der Waals surface area contributed by atoms with Crippen molar-refractivity contribution < 1.29 is 8.42 Å². The summed E-state index contributed by atoms with van der Waals surface area (Å²) in [4.78, 5) is 15.6. The zero-order valence-electron chi connectivity index (χ0n) is 11.3. The van der Waals surface area contributed by atoms with Crippen LogP contribution in [0.15, 0.2) is 9.00 Å². The Bertz CT molecular complexity index is 605. The van der Waals surface area contributed by atoms with Gasteiger partial charge in [-0.25, -0.2) is 8.42 Å². The highest BCUT2D eigenvalue weighted by Gasteiger charge is 2.32. The van der Waals surface area contributed by atoms with Gasteiger partial charge in [-0.3, -0.25) is 4.79 Å². The van der Waals surface area contributed by atoms with E-state index in [1.807, 2.05) is 7.05 Å². The minimum atomic E-state index is -3.58. The molecule has 0 bridgehead atoms. The zero-order valence-corrected chi connectivity index (χ0v) is 13.0. The number of nitrogens with one attached hydrogen (secondary N) is 1. The Morgan fingerprint density at radius 1 is 1.47 bits per heavy atom. The van der Waals surface area contributed by atoms with Crippen LogP contribution in [0.2, 0.25) is 0 Å². The number of hydrogen-bond acceptors (Lipinski definition) is 5. The molecule has 1 unspecified atom stereocenters. The Balaban J connectivity index is 2.29. The molecule has 0 saturated carbocycles. The number of aromatic nitrogens is 1. The molecule has 0 radical (unpaired) electrons. The average Bonchev–Trinajstić information content (AvgIpc) is 2.68. The van der Waals surface area contributed by atoms with E-state index in [2.05, 4.69) is 9.88 Å². The fourth-order valence-electron chi connectivity index (χ4n) is 2.40. The molecule has 0 spiro atoms. The number of aryl methyl sites for hydroxylation is 1. The Hall–Kier alpha value is -0.700. The minimum Gasteiger partial charge on any atom is -0.315 e. The third-order valence-electron chi connectivity index (χ3n) is 3.51. The molecule has 1 aromatic heterocycles. The number of rotatable bonds is 3. The van der Waals surface area contributed by atoms with Gasteiger partial charge in [0.2, 0.25) is 0 Å². The van der Waals surface area contributed by atoms with Crippen LogP contribution in [0.1, 0.15) is 18.5 Å². The summed E-state index contributed by atoms with van der Waals surface area (Å²) in [6.45, 7) is 3.35. The van der Waals surface area contributed by atoms with Crippen LogP contribution in [0.3, 0.4) is 0 Å². The van der Waals surface area contributed by atoms with Gasteiger partial charge in [0.25, 0.3) is 10.0 Å². The molecule has 1 aliphatic heterocycles. The predicted molar refractivity (Wildman–Crippen MR) is 75.1 cm³/mol. The van der Waals surface area contributed by atoms with Crippen molar-refractivity contribution in [1.82, 2.24) is 14.2 Å². The van der Waals surface area contributed by atoms with Gasteiger partial charge >= 0.3 is 4.87 Å². The highest BCUT2D eigenvalue weighted by Crippen LogP contribution is 2.24. The monoisotopic (exact) mass is 305 g/mol. The number of hydrogen-bond donors (Lipinski definition) is 1. The summed E-state index contributed by atoms with van der Waals surface area (Å²) in [6.07, 6.45) is 1.85. The van der Waals surface area contributed by atoms with Crippen LogP contribution in [0.5, 0.6) is 0 Å². The van der Waals surface area contributed by atoms with E-state index in [-0.39, 0.29) is 15.1 Å². The van der Waals surface area contributed by atoms with Crippen molar-refractivity contribution in [3.63, 3.8) is 0 Å². The van der Waals surface area contributed by atoms with E-state index in [0.29, 0.717) is 5.69 Å². The van der Waals surface area contributed by atoms with E-state index in [9.17, 15) is 13.2 Å². The van der Waals surface area contributed by atoms with Crippen molar-refractivity contribution in [1.29, 1.82) is 0 Å². The third-order valence-corrected chi connectivity index (χ3v) is 7.00. The molecule has 1 N–H and O–H groups in total. The van der Waals surface area contributed by atoms with Crippen LogP contribution in [0.4, 0.5) is 0 Å². The molecular weight excluding hydrogens is 286 g/mol. The topological polar surface area (TPSA) is 73.5 Å². The minimum absolute atomic E-state index is 0.0275. The van der Waals surface area contributed by atoms with Crippen LogP contribution in [-0.2, 0) is 10.0 Å². The summed E-state index contributed by atoms with van der Waals surface area (Å²) < 4.78 is 26.6. The van der Waals surface area contributed by atoms with Crippen LogP contribution in [0.25, 0.3) is 0 Å². The number of piperidine rings is 1. The summed E-state index contributed by atoms with van der Waals surface area (Å²) in [5.74, 6) is 0. The summed E-state index contributed by atoms with van der Waals surface area (Å²) in [7, 11) is 0.0147. The van der Waals surface area contributed by atoms with Gasteiger partial charge in [-0.05, 0) is 33.4 Å². The summed E-state index contributed by atoms with van der Waals surface area (Å²) >= 11 is 0.760. The highest BCUT2D eigenvalue weighted by molar-refractivity contribution is 7.91. The fourth-order valence-corrected chi connectivity index (χ4v) is 5.24. The highest BCUT2D eigenvalue weighted by atomic mass is 32.2. The number of thiazole rings is 1. The molecular formula is C11H19N3O3S2. The number of H-pyrrole nitrogens is 1. The first-order chi connectivity index (χ1) is 8.82. The lowest BCUT2D eigenvalue weighted by Gasteiger charge is -2.34. The molecule has 1 saturated heterocycles. The van der Waals surface area contributed by atoms with Gasteiger partial charge in [0.1, 0.15) is 0 Å². The van der Waals surface area contributed by atoms with Crippen LogP contribution in [-0.4, -0.2) is 55.8 Å². The van der Waals surface area contributed by atoms with Crippen molar-refractivity contribution in [2.45, 2.75) is 30.0 Å². The van der Waals surface area contributed by atoms with Crippen LogP contribution < -0.4 is 4.87 Å². The lowest BCUT2D eigenvalue weighted by molar-refractivity contribution is 0.188. The van der Waals surface area contributed by atoms with Crippen LogP contribution >= 0.6 is 11.3 Å². The predicted octanol–water partition coefficient (Wildman–Crippen LogP) is 0.460. The molecule has 1 atom stereocenters. The number of aromatic amines is 1. The molecule has 0 amide bonds. The fraction of sp³-hybridized carbons (Fsp3) is 0.727. The maximum Gasteiger partial charge on any atom is 0.305 e. The molecule has 1 aliphatic rings. The zero-order chi connectivity index (χ0) is 14.2. The van der Waals surface area contributed by atoms with Gasteiger partial charge in [-0.2, -0.15) is 4.31 Å². The van der Waals surface area contributed by atoms with E-state index in [1.165, 1.54) is 4.31 Å². The Morgan fingerprint density at radius 3 is 2.68 bits per heavy atom. The van der Waals surface area contributed by atoms with Gasteiger partial charge < -0.3 is 9.88 Å². The number of sulfonamides is 1. The van der Waals surface area contributed by atoms with Crippen LogP contribution in [0, 0.1) is 6.92 Å². The van der Waals surface area contributed by atoms with Crippen molar-refractivity contribution in [2.75, 3.05) is 27.2 Å². The molecule has 1 aromatic rings. The number of nitrogens with zero attached hydrogens (tertiary/aromatic N) is 2. The molecule has 2 heterocycles. The number of likely N-dealkylation sites (N-methyl/N-ethyl adjacent to an activating group) is 2. The van der Waals surface area contributed by atoms with E-state index < -0.39 is 10.0 Å². The first-order valence-corrected chi connectivity index (χ1v) is 8.44. The third kappa shape index (κ3) is 2.91. The summed E-state index contributed by atoms with van der Waals surface area (Å²) in [5, 5.41) is 0. The van der Waals surface area contributed by atoms with Gasteiger partial charge in [0, 0.05) is 25.3 Å². The van der Waals surface area contributed by atoms with Gasteiger partial charge in [-0.15, -0.1) is 0 Å². The number of likely N-dealkylation sites (tertiary alicyclic amines) is 1. The first-order valence-electron chi connectivity index (χ1n) is 6.18. The molecule has 6 nitrogen and oxygen atoms in total.